The lowest BCUT2D eigenvalue weighted by Crippen LogP contribution is -2.22. The molecule has 0 rings (SSSR count). The number of carboxylic acids is 1. The highest BCUT2D eigenvalue weighted by Crippen LogP contribution is 2.50. The first-order valence-corrected chi connectivity index (χ1v) is 6.25. The largest absolute Gasteiger partial charge is 0.479 e. The second-order valence-corrected chi connectivity index (χ2v) is 4.24. The average molecular weight is 240 g/mol. The summed E-state index contributed by atoms with van der Waals surface area (Å²) in [4.78, 5) is 10.7. The average Bonchev–Trinajstić information content (AvgIpc) is 2.14. The number of phosphoric ester groups is 1. The zero-order valence-corrected chi connectivity index (χ0v) is 10.0. The molecule has 0 radical (unpaired) electrons. The zero-order valence-electron chi connectivity index (χ0n) is 9.13. The second-order valence-electron chi connectivity index (χ2n) is 2.62. The minimum absolute atomic E-state index is 0.132. The van der Waals surface area contributed by atoms with E-state index in [0.717, 1.165) is 0 Å². The van der Waals surface area contributed by atoms with E-state index in [1.807, 2.05) is 0 Å². The molecule has 15 heavy (non-hydrogen) atoms. The molecule has 6 nitrogen and oxygen atoms in total. The van der Waals surface area contributed by atoms with E-state index in [4.69, 9.17) is 18.7 Å². The lowest BCUT2D eigenvalue weighted by Gasteiger charge is -2.19. The van der Waals surface area contributed by atoms with E-state index in [2.05, 4.69) is 0 Å². The summed E-state index contributed by atoms with van der Waals surface area (Å²) in [6.07, 6.45) is -0.978. The summed E-state index contributed by atoms with van der Waals surface area (Å²) < 4.78 is 26.2. The molecule has 0 saturated carbocycles. The van der Waals surface area contributed by atoms with Crippen LogP contribution >= 0.6 is 7.82 Å². The fourth-order valence-electron chi connectivity index (χ4n) is 0.864. The van der Waals surface area contributed by atoms with Gasteiger partial charge in [-0.1, -0.05) is 6.92 Å². The molecule has 1 N–H and O–H groups in total. The molecule has 0 aliphatic rings. The zero-order chi connectivity index (χ0) is 11.9. The Morgan fingerprint density at radius 1 is 1.27 bits per heavy atom. The summed E-state index contributed by atoms with van der Waals surface area (Å²) in [5.41, 5.74) is 0. The van der Waals surface area contributed by atoms with E-state index in [-0.39, 0.29) is 19.6 Å². The van der Waals surface area contributed by atoms with Crippen LogP contribution in [0.1, 0.15) is 27.2 Å². The van der Waals surface area contributed by atoms with E-state index < -0.39 is 19.9 Å². The Bertz CT molecular complexity index is 231. The van der Waals surface area contributed by atoms with Crippen LogP contribution in [0.25, 0.3) is 0 Å². The SMILES string of the molecule is CCOP(=O)(OCC)OC(CC)C(=O)O. The van der Waals surface area contributed by atoms with Crippen molar-refractivity contribution in [3.8, 4) is 0 Å². The predicted molar refractivity (Wildman–Crippen MR) is 53.7 cm³/mol. The monoisotopic (exact) mass is 240 g/mol. The molecule has 0 aromatic rings. The maximum atomic E-state index is 11.8. The molecule has 0 spiro atoms. The molecule has 0 amide bonds. The second kappa shape index (κ2) is 6.95. The molecular weight excluding hydrogens is 223 g/mol. The Balaban J connectivity index is 4.50. The van der Waals surface area contributed by atoms with Crippen molar-refractivity contribution in [2.75, 3.05) is 13.2 Å². The number of carboxylic acid groups (broad SMARTS) is 1. The van der Waals surface area contributed by atoms with Crippen molar-refractivity contribution in [3.05, 3.63) is 0 Å². The van der Waals surface area contributed by atoms with E-state index >= 15 is 0 Å². The van der Waals surface area contributed by atoms with Crippen LogP contribution < -0.4 is 0 Å². The molecule has 1 atom stereocenters. The molecule has 1 unspecified atom stereocenters. The van der Waals surface area contributed by atoms with Gasteiger partial charge in [0.25, 0.3) is 0 Å². The smallest absolute Gasteiger partial charge is 0.475 e. The van der Waals surface area contributed by atoms with Crippen molar-refractivity contribution < 1.29 is 28.0 Å². The van der Waals surface area contributed by atoms with Crippen molar-refractivity contribution in [2.24, 2.45) is 0 Å². The lowest BCUT2D eigenvalue weighted by molar-refractivity contribution is -0.146. The first-order chi connectivity index (χ1) is 6.99. The molecule has 0 aromatic carbocycles. The molecule has 0 heterocycles. The Morgan fingerprint density at radius 3 is 2.00 bits per heavy atom. The van der Waals surface area contributed by atoms with Crippen molar-refractivity contribution in [1.82, 2.24) is 0 Å². The standard InChI is InChI=1S/C8H17O6P/c1-4-7(8(9)10)14-15(11,12-5-2)13-6-3/h7H,4-6H2,1-3H3,(H,9,10). The molecule has 0 saturated heterocycles. The minimum Gasteiger partial charge on any atom is -0.479 e. The van der Waals surface area contributed by atoms with Crippen LogP contribution in [0.5, 0.6) is 0 Å². The highest BCUT2D eigenvalue weighted by Gasteiger charge is 2.32. The summed E-state index contributed by atoms with van der Waals surface area (Å²) >= 11 is 0. The summed E-state index contributed by atoms with van der Waals surface area (Å²) in [5.74, 6) is -1.18. The van der Waals surface area contributed by atoms with Gasteiger partial charge in [-0.15, -0.1) is 0 Å². The quantitative estimate of drug-likeness (QED) is 0.654. The molecule has 0 aliphatic heterocycles. The molecule has 90 valence electrons. The minimum atomic E-state index is -3.73. The van der Waals surface area contributed by atoms with Crippen molar-refractivity contribution >= 4 is 13.8 Å². The van der Waals surface area contributed by atoms with Crippen LogP contribution in [0.15, 0.2) is 0 Å². The van der Waals surface area contributed by atoms with Crippen LogP contribution in [0.4, 0.5) is 0 Å². The number of rotatable bonds is 8. The van der Waals surface area contributed by atoms with Crippen LogP contribution in [-0.4, -0.2) is 30.4 Å². The Labute approximate surface area is 89.1 Å². The fraction of sp³-hybridized carbons (Fsp3) is 0.875. The molecular formula is C8H17O6P. The first kappa shape index (κ1) is 14.6. The van der Waals surface area contributed by atoms with Crippen LogP contribution in [0.3, 0.4) is 0 Å². The normalized spacial score (nSPS) is 13.8. The van der Waals surface area contributed by atoms with Crippen LogP contribution in [0, 0.1) is 0 Å². The fourth-order valence-corrected chi connectivity index (χ4v) is 2.24. The molecule has 0 aliphatic carbocycles. The lowest BCUT2D eigenvalue weighted by atomic mass is 10.3. The Morgan fingerprint density at radius 2 is 1.73 bits per heavy atom. The highest BCUT2D eigenvalue weighted by atomic mass is 31.2. The summed E-state index contributed by atoms with van der Waals surface area (Å²) in [6, 6.07) is 0. The highest BCUT2D eigenvalue weighted by molar-refractivity contribution is 7.48. The number of phosphoric acid groups is 1. The predicted octanol–water partition coefficient (Wildman–Crippen LogP) is 2.05. The molecule has 0 bridgehead atoms. The Kier molecular flexibility index (Phi) is 6.76. The van der Waals surface area contributed by atoms with Gasteiger partial charge in [-0.3, -0.25) is 13.6 Å². The van der Waals surface area contributed by atoms with E-state index in [1.54, 1.807) is 20.8 Å². The molecule has 0 fully saturated rings. The number of hydrogen-bond acceptors (Lipinski definition) is 5. The maximum Gasteiger partial charge on any atom is 0.475 e. The van der Waals surface area contributed by atoms with Gasteiger partial charge >= 0.3 is 13.8 Å². The van der Waals surface area contributed by atoms with Gasteiger partial charge in [0.05, 0.1) is 13.2 Å². The third-order valence-corrected chi connectivity index (χ3v) is 3.14. The first-order valence-electron chi connectivity index (χ1n) is 4.79. The van der Waals surface area contributed by atoms with Crippen molar-refractivity contribution in [3.63, 3.8) is 0 Å². The van der Waals surface area contributed by atoms with Crippen molar-refractivity contribution in [1.29, 1.82) is 0 Å². The van der Waals surface area contributed by atoms with Crippen LogP contribution in [0.2, 0.25) is 0 Å². The van der Waals surface area contributed by atoms with Crippen molar-refractivity contribution in [2.45, 2.75) is 33.3 Å². The summed E-state index contributed by atoms with van der Waals surface area (Å²) in [6.45, 7) is 5.12. The summed E-state index contributed by atoms with van der Waals surface area (Å²) in [7, 11) is -3.73. The van der Waals surface area contributed by atoms with E-state index in [0.29, 0.717) is 0 Å². The van der Waals surface area contributed by atoms with Gasteiger partial charge in [0.2, 0.25) is 0 Å². The number of carbonyl (C=O) groups is 1. The van der Waals surface area contributed by atoms with Gasteiger partial charge in [-0.25, -0.2) is 9.36 Å². The number of aliphatic carboxylic acids is 1. The van der Waals surface area contributed by atoms with E-state index in [1.165, 1.54) is 0 Å². The van der Waals surface area contributed by atoms with Gasteiger partial charge in [0.1, 0.15) is 0 Å². The third kappa shape index (κ3) is 5.28. The van der Waals surface area contributed by atoms with Gasteiger partial charge in [-0.05, 0) is 20.3 Å². The van der Waals surface area contributed by atoms with Crippen LogP contribution in [-0.2, 0) is 22.9 Å². The van der Waals surface area contributed by atoms with Gasteiger partial charge in [0, 0.05) is 0 Å². The number of hydrogen-bond donors (Lipinski definition) is 1. The Hall–Kier alpha value is -0.420. The molecule has 7 heteroatoms. The van der Waals surface area contributed by atoms with E-state index in [9.17, 15) is 9.36 Å². The van der Waals surface area contributed by atoms with Gasteiger partial charge < -0.3 is 5.11 Å². The third-order valence-electron chi connectivity index (χ3n) is 1.48. The van der Waals surface area contributed by atoms with Gasteiger partial charge in [-0.2, -0.15) is 0 Å². The molecule has 0 aromatic heterocycles. The maximum absolute atomic E-state index is 11.8. The van der Waals surface area contributed by atoms with Gasteiger partial charge in [0.15, 0.2) is 6.10 Å². The topological polar surface area (TPSA) is 82.1 Å². The summed E-state index contributed by atoms with van der Waals surface area (Å²) in [5, 5.41) is 8.72.